The number of nitrogens with one attached hydrogen (secondary N) is 1. The maximum atomic E-state index is 12.4. The smallest absolute Gasteiger partial charge is 0.343 e. The van der Waals surface area contributed by atoms with Gasteiger partial charge in [-0.3, -0.25) is 4.79 Å². The largest absolute Gasteiger partial charge is 0.490 e. The van der Waals surface area contributed by atoms with Crippen molar-refractivity contribution >= 4 is 56.6 Å². The van der Waals surface area contributed by atoms with E-state index in [9.17, 15) is 9.59 Å². The van der Waals surface area contributed by atoms with Crippen LogP contribution in [0, 0.1) is 3.57 Å². The van der Waals surface area contributed by atoms with Crippen molar-refractivity contribution in [3.05, 3.63) is 91.5 Å². The van der Waals surface area contributed by atoms with Crippen LogP contribution in [-0.4, -0.2) is 24.7 Å². The molecule has 0 saturated carbocycles. The van der Waals surface area contributed by atoms with Crippen LogP contribution in [0.5, 0.6) is 11.5 Å². The lowest BCUT2D eigenvalue weighted by Crippen LogP contribution is -2.17. The van der Waals surface area contributed by atoms with Crippen LogP contribution in [-0.2, 0) is 0 Å². The van der Waals surface area contributed by atoms with Crippen molar-refractivity contribution in [2.24, 2.45) is 5.10 Å². The van der Waals surface area contributed by atoms with E-state index in [2.05, 4.69) is 49.0 Å². The van der Waals surface area contributed by atoms with Gasteiger partial charge in [-0.2, -0.15) is 5.10 Å². The molecule has 0 aliphatic carbocycles. The molecule has 6 nitrogen and oxygen atoms in total. The number of amides is 1. The topological polar surface area (TPSA) is 77.0 Å². The lowest BCUT2D eigenvalue weighted by molar-refractivity contribution is 0.0726. The van der Waals surface area contributed by atoms with Crippen LogP contribution in [0.3, 0.4) is 0 Å². The quantitative estimate of drug-likeness (QED) is 0.130. The monoisotopic (exact) mass is 592 g/mol. The third-order valence-corrected chi connectivity index (χ3v) is 5.26. The van der Waals surface area contributed by atoms with Crippen LogP contribution < -0.4 is 14.9 Å². The average Bonchev–Trinajstić information content (AvgIpc) is 2.76. The Bertz CT molecular complexity index is 1120. The van der Waals surface area contributed by atoms with Gasteiger partial charge in [-0.25, -0.2) is 10.2 Å². The van der Waals surface area contributed by atoms with E-state index in [0.29, 0.717) is 33.5 Å². The Labute approximate surface area is 201 Å². The Morgan fingerprint density at radius 3 is 2.52 bits per heavy atom. The predicted molar refractivity (Wildman–Crippen MR) is 131 cm³/mol. The molecule has 0 heterocycles. The van der Waals surface area contributed by atoms with E-state index in [1.165, 1.54) is 6.21 Å². The molecule has 0 unspecified atom stereocenters. The summed E-state index contributed by atoms with van der Waals surface area (Å²) in [5, 5.41) is 4.02. The first kappa shape index (κ1) is 23.0. The Hall–Kier alpha value is -2.72. The molecule has 0 fully saturated rings. The molecule has 158 valence electrons. The van der Waals surface area contributed by atoms with Crippen molar-refractivity contribution in [2.75, 3.05) is 6.61 Å². The maximum Gasteiger partial charge on any atom is 0.343 e. The van der Waals surface area contributed by atoms with Gasteiger partial charge in [0.05, 0.1) is 22.9 Å². The fourth-order valence-electron chi connectivity index (χ4n) is 2.61. The van der Waals surface area contributed by atoms with E-state index in [4.69, 9.17) is 9.47 Å². The number of rotatable bonds is 7. The van der Waals surface area contributed by atoms with Gasteiger partial charge in [-0.1, -0.05) is 24.3 Å². The second kappa shape index (κ2) is 11.1. The third-order valence-electron chi connectivity index (χ3n) is 4.00. The first-order valence-corrected chi connectivity index (χ1v) is 11.2. The summed E-state index contributed by atoms with van der Waals surface area (Å²) in [5.41, 5.74) is 4.10. The average molecular weight is 593 g/mol. The zero-order valence-electron chi connectivity index (χ0n) is 16.5. The highest BCUT2D eigenvalue weighted by atomic mass is 127. The molecule has 0 bridgehead atoms. The Kier molecular flexibility index (Phi) is 8.19. The molecule has 31 heavy (non-hydrogen) atoms. The Morgan fingerprint density at radius 1 is 1.06 bits per heavy atom. The molecular formula is C23H18BrIN2O4. The summed E-state index contributed by atoms with van der Waals surface area (Å²) < 4.78 is 12.7. The number of hydrogen-bond acceptors (Lipinski definition) is 5. The molecule has 0 aliphatic rings. The van der Waals surface area contributed by atoms with E-state index in [1.807, 2.05) is 19.1 Å². The number of halogens is 2. The summed E-state index contributed by atoms with van der Waals surface area (Å²) in [5.74, 6) is -0.150. The molecule has 3 rings (SSSR count). The van der Waals surface area contributed by atoms with Crippen LogP contribution in [0.4, 0.5) is 0 Å². The van der Waals surface area contributed by atoms with Crippen LogP contribution in [0.1, 0.15) is 33.2 Å². The van der Waals surface area contributed by atoms with Crippen molar-refractivity contribution in [2.45, 2.75) is 6.92 Å². The van der Waals surface area contributed by atoms with E-state index in [1.54, 1.807) is 54.6 Å². The van der Waals surface area contributed by atoms with Gasteiger partial charge in [0.25, 0.3) is 5.91 Å². The van der Waals surface area contributed by atoms with Crippen molar-refractivity contribution < 1.29 is 19.1 Å². The van der Waals surface area contributed by atoms with Gasteiger partial charge >= 0.3 is 5.97 Å². The second-order valence-electron chi connectivity index (χ2n) is 6.23. The summed E-state index contributed by atoms with van der Waals surface area (Å²) >= 11 is 5.57. The number of carbonyl (C=O) groups is 2. The molecule has 1 amide bonds. The summed E-state index contributed by atoms with van der Waals surface area (Å²) in [4.78, 5) is 24.7. The first-order chi connectivity index (χ1) is 15.0. The molecule has 3 aromatic carbocycles. The molecular weight excluding hydrogens is 575 g/mol. The number of nitrogens with zero attached hydrogens (tertiary/aromatic N) is 1. The fraction of sp³-hybridized carbons (Fsp3) is 0.0870. The highest BCUT2D eigenvalue weighted by Gasteiger charge is 2.17. The van der Waals surface area contributed by atoms with E-state index in [-0.39, 0.29) is 11.7 Å². The number of ether oxygens (including phenoxy) is 2. The van der Waals surface area contributed by atoms with Gasteiger partial charge in [-0.15, -0.1) is 0 Å². The van der Waals surface area contributed by atoms with Crippen LogP contribution in [0.2, 0.25) is 0 Å². The van der Waals surface area contributed by atoms with Gasteiger partial charge in [0, 0.05) is 9.13 Å². The lowest BCUT2D eigenvalue weighted by atomic mass is 10.2. The minimum Gasteiger partial charge on any atom is -0.490 e. The minimum atomic E-state index is -0.492. The van der Waals surface area contributed by atoms with Crippen molar-refractivity contribution in [3.63, 3.8) is 0 Å². The SMILES string of the molecule is CCOc1cc(/C=N\NC(=O)c2cccc(I)c2)cc(Br)c1OC(=O)c1ccccc1. The molecule has 0 radical (unpaired) electrons. The maximum absolute atomic E-state index is 12.4. The molecule has 0 saturated heterocycles. The van der Waals surface area contributed by atoms with Crippen LogP contribution in [0.15, 0.2) is 76.3 Å². The summed E-state index contributed by atoms with van der Waals surface area (Å²) in [6.45, 7) is 2.21. The van der Waals surface area contributed by atoms with Crippen LogP contribution in [0.25, 0.3) is 0 Å². The lowest BCUT2D eigenvalue weighted by Gasteiger charge is -2.13. The highest BCUT2D eigenvalue weighted by molar-refractivity contribution is 14.1. The van der Waals surface area contributed by atoms with Gasteiger partial charge in [0.15, 0.2) is 11.5 Å². The Morgan fingerprint density at radius 2 is 1.81 bits per heavy atom. The number of benzene rings is 3. The first-order valence-electron chi connectivity index (χ1n) is 9.30. The third kappa shape index (κ3) is 6.38. The van der Waals surface area contributed by atoms with Gasteiger partial charge in [0.1, 0.15) is 0 Å². The van der Waals surface area contributed by atoms with E-state index >= 15 is 0 Å². The Balaban J connectivity index is 1.77. The molecule has 3 aromatic rings. The van der Waals surface area contributed by atoms with Crippen molar-refractivity contribution in [1.29, 1.82) is 0 Å². The fourth-order valence-corrected chi connectivity index (χ4v) is 3.69. The van der Waals surface area contributed by atoms with E-state index in [0.717, 1.165) is 3.57 Å². The number of esters is 1. The minimum absolute atomic E-state index is 0.274. The summed E-state index contributed by atoms with van der Waals surface area (Å²) in [6.07, 6.45) is 1.49. The molecule has 0 aliphatic heterocycles. The van der Waals surface area contributed by atoms with Gasteiger partial charge < -0.3 is 9.47 Å². The van der Waals surface area contributed by atoms with Gasteiger partial charge in [0.2, 0.25) is 0 Å². The molecule has 0 atom stereocenters. The summed E-state index contributed by atoms with van der Waals surface area (Å²) in [7, 11) is 0. The molecule has 0 spiro atoms. The van der Waals surface area contributed by atoms with Gasteiger partial charge in [-0.05, 0) is 93.5 Å². The van der Waals surface area contributed by atoms with Crippen molar-refractivity contribution in [3.8, 4) is 11.5 Å². The molecule has 1 N–H and O–H groups in total. The second-order valence-corrected chi connectivity index (χ2v) is 8.33. The summed E-state index contributed by atoms with van der Waals surface area (Å²) in [6, 6.07) is 19.3. The molecule has 0 aromatic heterocycles. The number of carbonyl (C=O) groups excluding carboxylic acids is 2. The van der Waals surface area contributed by atoms with Crippen LogP contribution >= 0.6 is 38.5 Å². The zero-order valence-corrected chi connectivity index (χ0v) is 20.2. The normalized spacial score (nSPS) is 10.7. The number of hydrogen-bond donors (Lipinski definition) is 1. The number of hydrazone groups is 1. The van der Waals surface area contributed by atoms with Crippen molar-refractivity contribution in [1.82, 2.24) is 5.43 Å². The molecule has 8 heteroatoms. The standard InChI is InChI=1S/C23H18BrIN2O4/c1-2-30-20-12-15(14-26-27-22(28)17-9-6-10-18(25)13-17)11-19(24)21(20)31-23(29)16-7-4-3-5-8-16/h3-14H,2H2,1H3,(H,27,28)/b26-14-. The van der Waals surface area contributed by atoms with E-state index < -0.39 is 5.97 Å². The zero-order chi connectivity index (χ0) is 22.2. The predicted octanol–water partition coefficient (Wildman–Crippen LogP) is 5.44. The highest BCUT2D eigenvalue weighted by Crippen LogP contribution is 2.37.